The quantitative estimate of drug-likeness (QED) is 0.494. The molecular weight excluding hydrogens is 478 g/mol. The zero-order chi connectivity index (χ0) is 26.6. The van der Waals surface area contributed by atoms with E-state index in [4.69, 9.17) is 9.47 Å². The number of anilines is 1. The van der Waals surface area contributed by atoms with Gasteiger partial charge in [0.05, 0.1) is 25.8 Å². The largest absolute Gasteiger partial charge is 0.497 e. The SMILES string of the molecule is COc1ccc(C(=O)N2C[C@H](c3ccc(C)cc3)[C@H](C(=O)N3CCN(c4ccccc4OC)CC3)C2)cc1. The predicted octanol–water partition coefficient (Wildman–Crippen LogP) is 4.22. The summed E-state index contributed by atoms with van der Waals surface area (Å²) in [7, 11) is 3.29. The van der Waals surface area contributed by atoms with E-state index in [0.29, 0.717) is 37.5 Å². The average Bonchev–Trinajstić information content (AvgIpc) is 3.42. The summed E-state index contributed by atoms with van der Waals surface area (Å²) in [4.78, 5) is 33.4. The number of piperazine rings is 1. The zero-order valence-corrected chi connectivity index (χ0v) is 22.3. The van der Waals surface area contributed by atoms with Gasteiger partial charge in [0.2, 0.25) is 5.91 Å². The van der Waals surface area contributed by atoms with Gasteiger partial charge in [0, 0.05) is 50.7 Å². The van der Waals surface area contributed by atoms with Crippen LogP contribution >= 0.6 is 0 Å². The monoisotopic (exact) mass is 513 g/mol. The normalized spacial score (nSPS) is 19.4. The van der Waals surface area contributed by atoms with Gasteiger partial charge in [-0.3, -0.25) is 9.59 Å². The molecule has 0 saturated carbocycles. The van der Waals surface area contributed by atoms with Gasteiger partial charge in [-0.25, -0.2) is 0 Å². The van der Waals surface area contributed by atoms with Crippen LogP contribution in [0.1, 0.15) is 27.4 Å². The number of rotatable bonds is 6. The van der Waals surface area contributed by atoms with Gasteiger partial charge in [0.1, 0.15) is 11.5 Å². The number of nitrogens with zero attached hydrogens (tertiary/aromatic N) is 3. The second-order valence-corrected chi connectivity index (χ2v) is 10.0. The number of hydrogen-bond donors (Lipinski definition) is 0. The van der Waals surface area contributed by atoms with Gasteiger partial charge in [0.15, 0.2) is 0 Å². The minimum Gasteiger partial charge on any atom is -0.497 e. The Morgan fingerprint density at radius 1 is 0.763 bits per heavy atom. The molecule has 2 saturated heterocycles. The van der Waals surface area contributed by atoms with Crippen LogP contribution in [-0.4, -0.2) is 75.1 Å². The summed E-state index contributed by atoms with van der Waals surface area (Å²) >= 11 is 0. The van der Waals surface area contributed by atoms with E-state index in [-0.39, 0.29) is 23.7 Å². The molecule has 38 heavy (non-hydrogen) atoms. The highest BCUT2D eigenvalue weighted by Crippen LogP contribution is 2.36. The fourth-order valence-electron chi connectivity index (χ4n) is 5.58. The number of hydrogen-bond acceptors (Lipinski definition) is 5. The first-order valence-corrected chi connectivity index (χ1v) is 13.1. The lowest BCUT2D eigenvalue weighted by Gasteiger charge is -2.38. The molecule has 5 rings (SSSR count). The van der Waals surface area contributed by atoms with E-state index < -0.39 is 0 Å². The molecule has 7 nitrogen and oxygen atoms in total. The van der Waals surface area contributed by atoms with Crippen LogP contribution < -0.4 is 14.4 Å². The average molecular weight is 514 g/mol. The summed E-state index contributed by atoms with van der Waals surface area (Å²) in [5.41, 5.74) is 3.93. The summed E-state index contributed by atoms with van der Waals surface area (Å²) in [6.45, 7) is 5.74. The molecule has 2 aliphatic heterocycles. The van der Waals surface area contributed by atoms with Gasteiger partial charge >= 0.3 is 0 Å². The first-order chi connectivity index (χ1) is 18.5. The number of carbonyl (C=O) groups excluding carboxylic acids is 2. The Balaban J connectivity index is 1.33. The summed E-state index contributed by atoms with van der Waals surface area (Å²) < 4.78 is 10.8. The second-order valence-electron chi connectivity index (χ2n) is 10.0. The molecule has 7 heteroatoms. The minimum absolute atomic E-state index is 0.0439. The number of para-hydroxylation sites is 2. The smallest absolute Gasteiger partial charge is 0.253 e. The van der Waals surface area contributed by atoms with Crippen molar-refractivity contribution in [3.8, 4) is 11.5 Å². The number of methoxy groups -OCH3 is 2. The lowest BCUT2D eigenvalue weighted by molar-refractivity contribution is -0.135. The zero-order valence-electron chi connectivity index (χ0n) is 22.3. The molecule has 0 unspecified atom stereocenters. The molecule has 0 bridgehead atoms. The van der Waals surface area contributed by atoms with E-state index in [9.17, 15) is 9.59 Å². The van der Waals surface area contributed by atoms with Crippen LogP contribution in [0.25, 0.3) is 0 Å². The molecule has 3 aromatic rings. The molecule has 2 fully saturated rings. The highest BCUT2D eigenvalue weighted by molar-refractivity contribution is 5.95. The maximum absolute atomic E-state index is 13.9. The number of carbonyl (C=O) groups is 2. The molecule has 0 radical (unpaired) electrons. The first kappa shape index (κ1) is 25.6. The maximum atomic E-state index is 13.9. The van der Waals surface area contributed by atoms with E-state index in [1.165, 1.54) is 5.56 Å². The summed E-state index contributed by atoms with van der Waals surface area (Å²) in [5.74, 6) is 1.30. The molecular formula is C31H35N3O4. The van der Waals surface area contributed by atoms with Gasteiger partial charge in [-0.15, -0.1) is 0 Å². The van der Waals surface area contributed by atoms with E-state index in [1.54, 1.807) is 38.5 Å². The van der Waals surface area contributed by atoms with Gasteiger partial charge in [0.25, 0.3) is 5.91 Å². The van der Waals surface area contributed by atoms with Crippen molar-refractivity contribution in [2.75, 3.05) is 58.4 Å². The maximum Gasteiger partial charge on any atom is 0.253 e. The Hall–Kier alpha value is -4.00. The molecule has 2 heterocycles. The summed E-state index contributed by atoms with van der Waals surface area (Å²) in [6, 6.07) is 23.5. The Morgan fingerprint density at radius 3 is 2.11 bits per heavy atom. The van der Waals surface area contributed by atoms with Crippen molar-refractivity contribution in [1.82, 2.24) is 9.80 Å². The van der Waals surface area contributed by atoms with Crippen molar-refractivity contribution in [3.05, 3.63) is 89.5 Å². The molecule has 2 atom stereocenters. The van der Waals surface area contributed by atoms with Crippen LogP contribution in [0.15, 0.2) is 72.8 Å². The van der Waals surface area contributed by atoms with E-state index in [2.05, 4.69) is 42.2 Å². The van der Waals surface area contributed by atoms with E-state index in [0.717, 1.165) is 30.1 Å². The van der Waals surface area contributed by atoms with E-state index in [1.807, 2.05) is 28.0 Å². The molecule has 0 aromatic heterocycles. The van der Waals surface area contributed by atoms with Crippen molar-refractivity contribution in [2.24, 2.45) is 5.92 Å². The van der Waals surface area contributed by atoms with Gasteiger partial charge in [-0.1, -0.05) is 42.0 Å². The van der Waals surface area contributed by atoms with Crippen molar-refractivity contribution >= 4 is 17.5 Å². The van der Waals surface area contributed by atoms with Crippen molar-refractivity contribution in [3.63, 3.8) is 0 Å². The van der Waals surface area contributed by atoms with Crippen LogP contribution in [0, 0.1) is 12.8 Å². The molecule has 0 N–H and O–H groups in total. The predicted molar refractivity (Wildman–Crippen MR) is 148 cm³/mol. The number of aryl methyl sites for hydroxylation is 1. The highest BCUT2D eigenvalue weighted by Gasteiger charge is 2.42. The number of amides is 2. The summed E-state index contributed by atoms with van der Waals surface area (Å²) in [6.07, 6.45) is 0. The Kier molecular flexibility index (Phi) is 7.54. The summed E-state index contributed by atoms with van der Waals surface area (Å²) in [5, 5.41) is 0. The van der Waals surface area contributed by atoms with E-state index >= 15 is 0 Å². The van der Waals surface area contributed by atoms with Gasteiger partial charge in [-0.05, 0) is 48.9 Å². The third-order valence-electron chi connectivity index (χ3n) is 7.78. The third-order valence-corrected chi connectivity index (χ3v) is 7.78. The van der Waals surface area contributed by atoms with Crippen molar-refractivity contribution in [1.29, 1.82) is 0 Å². The molecule has 2 aliphatic rings. The van der Waals surface area contributed by atoms with Crippen LogP contribution in [0.4, 0.5) is 5.69 Å². The fourth-order valence-corrected chi connectivity index (χ4v) is 5.58. The molecule has 2 amide bonds. The van der Waals surface area contributed by atoms with Crippen LogP contribution in [0.3, 0.4) is 0 Å². The number of likely N-dealkylation sites (tertiary alicyclic amines) is 1. The minimum atomic E-state index is -0.280. The lowest BCUT2D eigenvalue weighted by atomic mass is 9.87. The Morgan fingerprint density at radius 2 is 1.45 bits per heavy atom. The fraction of sp³-hybridized carbons (Fsp3) is 0.355. The molecule has 198 valence electrons. The van der Waals surface area contributed by atoms with Crippen LogP contribution in [-0.2, 0) is 4.79 Å². The second kappa shape index (κ2) is 11.2. The van der Waals surface area contributed by atoms with Crippen LogP contribution in [0.2, 0.25) is 0 Å². The Labute approximate surface area is 224 Å². The standard InChI is InChI=1S/C31H35N3O4/c1-22-8-10-23(11-9-22)26-20-34(30(35)24-12-14-25(37-2)15-13-24)21-27(26)31(36)33-18-16-32(17-19-33)28-6-4-5-7-29(28)38-3/h4-15,26-27H,16-21H2,1-3H3/t26-,27-/m1/s1. The highest BCUT2D eigenvalue weighted by atomic mass is 16.5. The molecule has 0 aliphatic carbocycles. The lowest BCUT2D eigenvalue weighted by Crippen LogP contribution is -2.51. The first-order valence-electron chi connectivity index (χ1n) is 13.1. The van der Waals surface area contributed by atoms with Gasteiger partial charge in [-0.2, -0.15) is 0 Å². The van der Waals surface area contributed by atoms with Crippen molar-refractivity contribution in [2.45, 2.75) is 12.8 Å². The molecule has 3 aromatic carbocycles. The Bertz CT molecular complexity index is 1270. The van der Waals surface area contributed by atoms with Crippen molar-refractivity contribution < 1.29 is 19.1 Å². The topological polar surface area (TPSA) is 62.3 Å². The third kappa shape index (κ3) is 5.19. The number of ether oxygens (including phenoxy) is 2. The van der Waals surface area contributed by atoms with Gasteiger partial charge < -0.3 is 24.2 Å². The van der Waals surface area contributed by atoms with Crippen LogP contribution in [0.5, 0.6) is 11.5 Å². The molecule has 0 spiro atoms. The number of benzene rings is 3.